The zero-order valence-electron chi connectivity index (χ0n) is 22.4. The first-order chi connectivity index (χ1) is 18.4. The number of carbonyl (C=O) groups excluding carboxylic acids is 1. The number of aliphatic carboxylic acids is 2. The number of hydrogen-bond acceptors (Lipinski definition) is 7. The van der Waals surface area contributed by atoms with Crippen LogP contribution in [0.4, 0.5) is 0 Å². The predicted molar refractivity (Wildman–Crippen MR) is 141 cm³/mol. The molecule has 2 atom stereocenters. The number of aromatic amines is 1. The van der Waals surface area contributed by atoms with Crippen LogP contribution >= 0.6 is 0 Å². The zero-order valence-corrected chi connectivity index (χ0v) is 22.4. The van der Waals surface area contributed by atoms with Crippen molar-refractivity contribution < 1.29 is 29.3 Å². The SMILES string of the molecule is Cc1cc(C#CCCC(=O)C[C@@H](CCC(=O)O)C(=O)O)cc(C2(C(C)C)C(C#N)=C(N)Oc3n[nH]c(C)c32)c1. The molecule has 0 aliphatic carbocycles. The number of nitrogens with one attached hydrogen (secondary N) is 1. The molecular formula is C29H32N4O6. The van der Waals surface area contributed by atoms with Crippen LogP contribution in [0.5, 0.6) is 5.88 Å². The van der Waals surface area contributed by atoms with Gasteiger partial charge in [-0.15, -0.1) is 5.10 Å². The molecule has 5 N–H and O–H groups in total. The Morgan fingerprint density at radius 3 is 2.51 bits per heavy atom. The van der Waals surface area contributed by atoms with Crippen LogP contribution in [0.25, 0.3) is 0 Å². The van der Waals surface area contributed by atoms with Gasteiger partial charge in [-0.1, -0.05) is 31.8 Å². The molecule has 0 amide bonds. The third kappa shape index (κ3) is 5.96. The van der Waals surface area contributed by atoms with Gasteiger partial charge in [0.15, 0.2) is 0 Å². The molecule has 0 bridgehead atoms. The van der Waals surface area contributed by atoms with E-state index in [1.54, 1.807) is 0 Å². The molecule has 2 heterocycles. The largest absolute Gasteiger partial charge is 0.481 e. The second kappa shape index (κ2) is 11.9. The Hall–Kier alpha value is -4.57. The standard InChI is InChI=1S/C29H32N4O6/c1-16(2)29(23(15-30)26(31)39-27-25(29)18(4)32-33-27)21-12-17(3)11-19(13-21)7-5-6-8-22(34)14-20(28(37)38)9-10-24(35)36/h11-13,16,20H,6,8-10,14,31H2,1-4H3,(H,32,33)(H,35,36)(H,37,38)/t20-,29?/m1/s1. The molecule has 10 heteroatoms. The van der Waals surface area contributed by atoms with Crippen molar-refractivity contribution in [2.45, 2.75) is 65.2 Å². The molecule has 0 fully saturated rings. The molecule has 0 spiro atoms. The lowest BCUT2D eigenvalue weighted by molar-refractivity contribution is -0.145. The van der Waals surface area contributed by atoms with Gasteiger partial charge in [0.25, 0.3) is 0 Å². The third-order valence-corrected chi connectivity index (χ3v) is 6.96. The van der Waals surface area contributed by atoms with E-state index in [1.165, 1.54) is 0 Å². The number of ether oxygens (including phenoxy) is 1. The quantitative estimate of drug-likeness (QED) is 0.332. The van der Waals surface area contributed by atoms with Crippen molar-refractivity contribution in [2.24, 2.45) is 17.6 Å². The molecule has 0 saturated heterocycles. The molecular weight excluding hydrogens is 500 g/mol. The minimum absolute atomic E-state index is 0.000808. The molecule has 2 aromatic rings. The number of H-pyrrole nitrogens is 1. The van der Waals surface area contributed by atoms with Crippen LogP contribution in [0.2, 0.25) is 0 Å². The molecule has 1 aromatic carbocycles. The second-order valence-corrected chi connectivity index (χ2v) is 10.0. The topological polar surface area (TPSA) is 179 Å². The number of nitrogens with zero attached hydrogens (tertiary/aromatic N) is 2. The van der Waals surface area contributed by atoms with Crippen molar-refractivity contribution >= 4 is 17.7 Å². The number of nitrogens with two attached hydrogens (primary N) is 1. The van der Waals surface area contributed by atoms with Crippen LogP contribution in [0.3, 0.4) is 0 Å². The molecule has 1 aliphatic heterocycles. The minimum atomic E-state index is -1.18. The highest BCUT2D eigenvalue weighted by molar-refractivity contribution is 5.84. The van der Waals surface area contributed by atoms with E-state index in [2.05, 4.69) is 28.1 Å². The molecule has 0 radical (unpaired) electrons. The molecule has 39 heavy (non-hydrogen) atoms. The van der Waals surface area contributed by atoms with E-state index in [1.807, 2.05) is 45.9 Å². The van der Waals surface area contributed by atoms with Crippen LogP contribution in [-0.4, -0.2) is 38.1 Å². The third-order valence-electron chi connectivity index (χ3n) is 6.96. The Kier molecular flexibility index (Phi) is 8.82. The highest BCUT2D eigenvalue weighted by atomic mass is 16.5. The first-order valence-electron chi connectivity index (χ1n) is 12.6. The van der Waals surface area contributed by atoms with Gasteiger partial charge >= 0.3 is 11.9 Å². The van der Waals surface area contributed by atoms with Crippen LogP contribution in [0, 0.1) is 48.9 Å². The summed E-state index contributed by atoms with van der Waals surface area (Å²) >= 11 is 0. The molecule has 1 unspecified atom stereocenters. The summed E-state index contributed by atoms with van der Waals surface area (Å²) in [6.45, 7) is 7.81. The van der Waals surface area contributed by atoms with Gasteiger partial charge in [-0.05, 0) is 49.4 Å². The van der Waals surface area contributed by atoms with E-state index in [-0.39, 0.29) is 49.7 Å². The van der Waals surface area contributed by atoms with Gasteiger partial charge in [-0.2, -0.15) is 5.26 Å². The second-order valence-electron chi connectivity index (χ2n) is 10.0. The van der Waals surface area contributed by atoms with Crippen LogP contribution in [0.15, 0.2) is 29.7 Å². The summed E-state index contributed by atoms with van der Waals surface area (Å²) in [5, 5.41) is 35.4. The fourth-order valence-electron chi connectivity index (χ4n) is 5.20. The lowest BCUT2D eigenvalue weighted by atomic mass is 9.61. The van der Waals surface area contributed by atoms with Crippen molar-refractivity contribution in [2.75, 3.05) is 0 Å². The Morgan fingerprint density at radius 1 is 1.18 bits per heavy atom. The van der Waals surface area contributed by atoms with Crippen LogP contribution < -0.4 is 10.5 Å². The van der Waals surface area contributed by atoms with Crippen molar-refractivity contribution in [1.82, 2.24) is 10.2 Å². The highest BCUT2D eigenvalue weighted by Gasteiger charge is 2.50. The summed E-state index contributed by atoms with van der Waals surface area (Å²) in [5.74, 6) is 2.70. The summed E-state index contributed by atoms with van der Waals surface area (Å²) in [7, 11) is 0. The number of carboxylic acids is 2. The summed E-state index contributed by atoms with van der Waals surface area (Å²) in [6, 6.07) is 8.06. The average molecular weight is 533 g/mol. The van der Waals surface area contributed by atoms with Gasteiger partial charge < -0.3 is 20.7 Å². The fraction of sp³-hybridized carbons (Fsp3) is 0.414. The number of carboxylic acid groups (broad SMARTS) is 2. The maximum Gasteiger partial charge on any atom is 0.306 e. The first-order valence-corrected chi connectivity index (χ1v) is 12.6. The van der Waals surface area contributed by atoms with Gasteiger partial charge in [-0.3, -0.25) is 19.5 Å². The lowest BCUT2D eigenvalue weighted by Crippen LogP contribution is -2.41. The number of aromatic nitrogens is 2. The zero-order chi connectivity index (χ0) is 28.9. The number of carbonyl (C=O) groups is 3. The maximum atomic E-state index is 12.3. The lowest BCUT2D eigenvalue weighted by Gasteiger charge is -2.41. The summed E-state index contributed by atoms with van der Waals surface area (Å²) in [4.78, 5) is 34.4. The van der Waals surface area contributed by atoms with Crippen LogP contribution in [0.1, 0.15) is 73.9 Å². The number of rotatable bonds is 10. The van der Waals surface area contributed by atoms with Crippen molar-refractivity contribution in [1.29, 1.82) is 5.26 Å². The number of Topliss-reactive ketones (excluding diaryl/α,β-unsaturated/α-hetero) is 1. The van der Waals surface area contributed by atoms with E-state index < -0.39 is 23.3 Å². The van der Waals surface area contributed by atoms with Gasteiger partial charge in [0.1, 0.15) is 17.4 Å². The Morgan fingerprint density at radius 2 is 1.90 bits per heavy atom. The van der Waals surface area contributed by atoms with E-state index in [4.69, 9.17) is 15.6 Å². The van der Waals surface area contributed by atoms with Crippen LogP contribution in [-0.2, 0) is 19.8 Å². The molecule has 204 valence electrons. The number of fused-ring (bicyclic) bond motifs is 1. The van der Waals surface area contributed by atoms with Gasteiger partial charge in [0.2, 0.25) is 11.8 Å². The minimum Gasteiger partial charge on any atom is -0.481 e. The van der Waals surface area contributed by atoms with Crippen molar-refractivity contribution in [3.8, 4) is 23.8 Å². The van der Waals surface area contributed by atoms with Gasteiger partial charge in [0, 0.05) is 36.9 Å². The molecule has 1 aliphatic rings. The summed E-state index contributed by atoms with van der Waals surface area (Å²) < 4.78 is 5.68. The number of aryl methyl sites for hydroxylation is 2. The summed E-state index contributed by atoms with van der Waals surface area (Å²) in [5.41, 5.74) is 9.50. The monoisotopic (exact) mass is 532 g/mol. The van der Waals surface area contributed by atoms with Crippen molar-refractivity contribution in [3.63, 3.8) is 0 Å². The van der Waals surface area contributed by atoms with E-state index in [0.717, 1.165) is 22.4 Å². The number of hydrogen-bond donors (Lipinski definition) is 4. The Labute approximate surface area is 226 Å². The van der Waals surface area contributed by atoms with Crippen molar-refractivity contribution in [3.05, 3.63) is 57.6 Å². The van der Waals surface area contributed by atoms with Gasteiger partial charge in [0.05, 0.1) is 16.9 Å². The van der Waals surface area contributed by atoms with E-state index >= 15 is 0 Å². The predicted octanol–water partition coefficient (Wildman–Crippen LogP) is 3.71. The first kappa shape index (κ1) is 29.0. The molecule has 0 saturated carbocycles. The average Bonchev–Trinajstić information content (AvgIpc) is 3.22. The van der Waals surface area contributed by atoms with Gasteiger partial charge in [-0.25, -0.2) is 0 Å². The Balaban J connectivity index is 1.89. The highest BCUT2D eigenvalue weighted by Crippen LogP contribution is 2.52. The molecule has 1 aromatic heterocycles. The number of benzene rings is 1. The fourth-order valence-corrected chi connectivity index (χ4v) is 5.20. The Bertz CT molecular complexity index is 1440. The number of nitriles is 1. The smallest absolute Gasteiger partial charge is 0.306 e. The van der Waals surface area contributed by atoms with E-state index in [0.29, 0.717) is 17.0 Å². The number of ketones is 1. The summed E-state index contributed by atoms with van der Waals surface area (Å²) in [6.07, 6.45) is -0.353. The van der Waals surface area contributed by atoms with E-state index in [9.17, 15) is 24.8 Å². The maximum absolute atomic E-state index is 12.3. The molecule has 10 nitrogen and oxygen atoms in total. The normalized spacial score (nSPS) is 16.9. The molecule has 3 rings (SSSR count). The number of allylic oxidation sites excluding steroid dienone is 1.